The smallest absolute Gasteiger partial charge is 0.335 e. The number of anilines is 1. The molecule has 0 aliphatic carbocycles. The zero-order chi connectivity index (χ0) is 13.1. The summed E-state index contributed by atoms with van der Waals surface area (Å²) >= 11 is 1.69. The minimum absolute atomic E-state index is 0.174. The van der Waals surface area contributed by atoms with E-state index in [0.717, 1.165) is 11.3 Å². The Morgan fingerprint density at radius 3 is 2.78 bits per heavy atom. The molecule has 4 heteroatoms. The maximum atomic E-state index is 11.0. The molecule has 0 aliphatic heterocycles. The first-order valence-electron chi connectivity index (χ1n) is 5.72. The third-order valence-electron chi connectivity index (χ3n) is 2.83. The molecule has 0 aliphatic rings. The first kappa shape index (κ1) is 12.6. The van der Waals surface area contributed by atoms with E-state index < -0.39 is 5.97 Å². The quantitative estimate of drug-likeness (QED) is 0.876. The first-order chi connectivity index (χ1) is 8.58. The molecule has 0 amide bonds. The molecule has 3 nitrogen and oxygen atoms in total. The molecule has 0 bridgehead atoms. The minimum Gasteiger partial charge on any atom is -0.478 e. The standard InChI is InChI=1S/C14H15NO2S/c1-9-5-6-11(14(16)17)8-12(9)15-10(2)13-4-3-7-18-13/h3-8,10,15H,1-2H3,(H,16,17). The lowest BCUT2D eigenvalue weighted by atomic mass is 10.1. The number of carboxylic acids is 1. The van der Waals surface area contributed by atoms with Crippen LogP contribution in [0.4, 0.5) is 5.69 Å². The highest BCUT2D eigenvalue weighted by atomic mass is 32.1. The van der Waals surface area contributed by atoms with Crippen molar-refractivity contribution >= 4 is 23.0 Å². The molecular weight excluding hydrogens is 246 g/mol. The molecule has 2 rings (SSSR count). The van der Waals surface area contributed by atoms with Gasteiger partial charge < -0.3 is 10.4 Å². The van der Waals surface area contributed by atoms with Gasteiger partial charge in [-0.05, 0) is 43.0 Å². The van der Waals surface area contributed by atoms with Crippen LogP contribution in [-0.2, 0) is 0 Å². The zero-order valence-electron chi connectivity index (χ0n) is 10.3. The lowest BCUT2D eigenvalue weighted by Crippen LogP contribution is -2.07. The van der Waals surface area contributed by atoms with Crippen LogP contribution in [0.1, 0.15) is 33.8 Å². The van der Waals surface area contributed by atoms with Crippen molar-refractivity contribution in [3.63, 3.8) is 0 Å². The Hall–Kier alpha value is -1.81. The molecule has 0 saturated carbocycles. The fourth-order valence-corrected chi connectivity index (χ4v) is 2.49. The Labute approximate surface area is 110 Å². The Kier molecular flexibility index (Phi) is 3.67. The van der Waals surface area contributed by atoms with Crippen molar-refractivity contribution in [1.82, 2.24) is 0 Å². The van der Waals surface area contributed by atoms with Crippen molar-refractivity contribution in [1.29, 1.82) is 0 Å². The number of nitrogens with one attached hydrogen (secondary N) is 1. The Balaban J connectivity index is 2.23. The van der Waals surface area contributed by atoms with Gasteiger partial charge in [-0.15, -0.1) is 11.3 Å². The second-order valence-electron chi connectivity index (χ2n) is 4.22. The fraction of sp³-hybridized carbons (Fsp3) is 0.214. The van der Waals surface area contributed by atoms with Gasteiger partial charge in [0.2, 0.25) is 0 Å². The number of benzene rings is 1. The van der Waals surface area contributed by atoms with Crippen LogP contribution in [0, 0.1) is 6.92 Å². The van der Waals surface area contributed by atoms with E-state index in [1.165, 1.54) is 4.88 Å². The van der Waals surface area contributed by atoms with E-state index in [2.05, 4.69) is 18.3 Å². The molecule has 18 heavy (non-hydrogen) atoms. The Morgan fingerprint density at radius 2 is 2.17 bits per heavy atom. The van der Waals surface area contributed by atoms with Gasteiger partial charge in [0.25, 0.3) is 0 Å². The van der Waals surface area contributed by atoms with E-state index in [4.69, 9.17) is 5.11 Å². The van der Waals surface area contributed by atoms with Gasteiger partial charge in [-0.25, -0.2) is 4.79 Å². The average molecular weight is 261 g/mol. The van der Waals surface area contributed by atoms with Gasteiger partial charge in [0.1, 0.15) is 0 Å². The van der Waals surface area contributed by atoms with Crippen LogP contribution in [0.5, 0.6) is 0 Å². The number of carboxylic acid groups (broad SMARTS) is 1. The molecule has 1 atom stereocenters. The third kappa shape index (κ3) is 2.71. The summed E-state index contributed by atoms with van der Waals surface area (Å²) in [5, 5.41) is 14.4. The average Bonchev–Trinajstić information content (AvgIpc) is 2.85. The van der Waals surface area contributed by atoms with E-state index in [0.29, 0.717) is 5.56 Å². The van der Waals surface area contributed by atoms with Crippen LogP contribution in [0.15, 0.2) is 35.7 Å². The van der Waals surface area contributed by atoms with Crippen LogP contribution < -0.4 is 5.32 Å². The van der Waals surface area contributed by atoms with Crippen LogP contribution in [0.2, 0.25) is 0 Å². The molecule has 0 spiro atoms. The number of aromatic carboxylic acids is 1. The van der Waals surface area contributed by atoms with Crippen molar-refractivity contribution < 1.29 is 9.90 Å². The molecule has 0 radical (unpaired) electrons. The topological polar surface area (TPSA) is 49.3 Å². The zero-order valence-corrected chi connectivity index (χ0v) is 11.1. The molecule has 2 N–H and O–H groups in total. The second kappa shape index (κ2) is 5.23. The van der Waals surface area contributed by atoms with E-state index in [1.807, 2.05) is 24.4 Å². The predicted molar refractivity (Wildman–Crippen MR) is 74.5 cm³/mol. The summed E-state index contributed by atoms with van der Waals surface area (Å²) in [6.07, 6.45) is 0. The van der Waals surface area contributed by atoms with Gasteiger partial charge in [-0.3, -0.25) is 0 Å². The molecular formula is C14H15NO2S. The van der Waals surface area contributed by atoms with Gasteiger partial charge in [-0.1, -0.05) is 12.1 Å². The van der Waals surface area contributed by atoms with E-state index in [1.54, 1.807) is 23.5 Å². The van der Waals surface area contributed by atoms with Gasteiger partial charge in [0, 0.05) is 10.6 Å². The summed E-state index contributed by atoms with van der Waals surface area (Å²) in [5.41, 5.74) is 2.22. The van der Waals surface area contributed by atoms with E-state index in [-0.39, 0.29) is 6.04 Å². The fourth-order valence-electron chi connectivity index (χ4n) is 1.75. The first-order valence-corrected chi connectivity index (χ1v) is 6.60. The van der Waals surface area contributed by atoms with Crippen molar-refractivity contribution in [3.05, 3.63) is 51.7 Å². The van der Waals surface area contributed by atoms with Crippen LogP contribution in [0.3, 0.4) is 0 Å². The molecule has 0 fully saturated rings. The number of hydrogen-bond acceptors (Lipinski definition) is 3. The summed E-state index contributed by atoms with van der Waals surface area (Å²) in [6.45, 7) is 4.04. The predicted octanol–water partition coefficient (Wildman–Crippen LogP) is 3.93. The summed E-state index contributed by atoms with van der Waals surface area (Å²) in [7, 11) is 0. The van der Waals surface area contributed by atoms with Gasteiger partial charge in [0.15, 0.2) is 0 Å². The Bertz CT molecular complexity index is 549. The number of thiophene rings is 1. The summed E-state index contributed by atoms with van der Waals surface area (Å²) in [4.78, 5) is 12.2. The summed E-state index contributed by atoms with van der Waals surface area (Å²) in [5.74, 6) is -0.901. The monoisotopic (exact) mass is 261 g/mol. The molecule has 1 heterocycles. The van der Waals surface area contributed by atoms with Gasteiger partial charge >= 0.3 is 5.97 Å². The van der Waals surface area contributed by atoms with Crippen molar-refractivity contribution in [3.8, 4) is 0 Å². The van der Waals surface area contributed by atoms with Crippen molar-refractivity contribution in [2.24, 2.45) is 0 Å². The van der Waals surface area contributed by atoms with E-state index in [9.17, 15) is 4.79 Å². The largest absolute Gasteiger partial charge is 0.478 e. The highest BCUT2D eigenvalue weighted by Gasteiger charge is 2.10. The number of rotatable bonds is 4. The molecule has 1 unspecified atom stereocenters. The third-order valence-corrected chi connectivity index (χ3v) is 3.88. The molecule has 1 aromatic heterocycles. The lowest BCUT2D eigenvalue weighted by Gasteiger charge is -2.16. The van der Waals surface area contributed by atoms with Gasteiger partial charge in [-0.2, -0.15) is 0 Å². The highest BCUT2D eigenvalue weighted by molar-refractivity contribution is 7.10. The number of carbonyl (C=O) groups is 1. The maximum absolute atomic E-state index is 11.0. The molecule has 2 aromatic rings. The summed E-state index contributed by atoms with van der Waals surface area (Å²) in [6, 6.07) is 9.39. The van der Waals surface area contributed by atoms with Crippen molar-refractivity contribution in [2.75, 3.05) is 5.32 Å². The van der Waals surface area contributed by atoms with Crippen molar-refractivity contribution in [2.45, 2.75) is 19.9 Å². The van der Waals surface area contributed by atoms with E-state index >= 15 is 0 Å². The number of hydrogen-bond donors (Lipinski definition) is 2. The molecule has 94 valence electrons. The lowest BCUT2D eigenvalue weighted by molar-refractivity contribution is 0.0697. The second-order valence-corrected chi connectivity index (χ2v) is 5.20. The van der Waals surface area contributed by atoms with Crippen LogP contribution in [-0.4, -0.2) is 11.1 Å². The minimum atomic E-state index is -0.901. The summed E-state index contributed by atoms with van der Waals surface area (Å²) < 4.78 is 0. The normalized spacial score (nSPS) is 12.1. The Morgan fingerprint density at radius 1 is 1.39 bits per heavy atom. The molecule has 0 saturated heterocycles. The SMILES string of the molecule is Cc1ccc(C(=O)O)cc1NC(C)c1cccs1. The number of aryl methyl sites for hydroxylation is 1. The van der Waals surface area contributed by atoms with Crippen LogP contribution >= 0.6 is 11.3 Å². The van der Waals surface area contributed by atoms with Gasteiger partial charge in [0.05, 0.1) is 11.6 Å². The van der Waals surface area contributed by atoms with Crippen LogP contribution in [0.25, 0.3) is 0 Å². The maximum Gasteiger partial charge on any atom is 0.335 e. The highest BCUT2D eigenvalue weighted by Crippen LogP contribution is 2.25. The molecule has 1 aromatic carbocycles.